The lowest BCUT2D eigenvalue weighted by molar-refractivity contribution is -0.130. The van der Waals surface area contributed by atoms with Crippen LogP contribution < -0.4 is 0 Å². The van der Waals surface area contributed by atoms with E-state index in [-0.39, 0.29) is 17.9 Å². The summed E-state index contributed by atoms with van der Waals surface area (Å²) in [6.07, 6.45) is 0.586. The summed E-state index contributed by atoms with van der Waals surface area (Å²) >= 11 is 0. The number of amides is 1. The van der Waals surface area contributed by atoms with Crippen LogP contribution in [0.4, 0.5) is 0 Å². The normalized spacial score (nSPS) is 28.9. The molecular weight excluding hydrogens is 180 g/mol. The minimum atomic E-state index is -0.194. The van der Waals surface area contributed by atoms with Crippen LogP contribution in [-0.4, -0.2) is 60.6 Å². The van der Waals surface area contributed by atoms with Gasteiger partial charge in [0.25, 0.3) is 0 Å². The van der Waals surface area contributed by atoms with Crippen molar-refractivity contribution in [3.63, 3.8) is 0 Å². The lowest BCUT2D eigenvalue weighted by Gasteiger charge is -2.34. The predicted octanol–water partition coefficient (Wildman–Crippen LogP) is -0.223. The van der Waals surface area contributed by atoms with Crippen molar-refractivity contribution in [1.82, 2.24) is 9.80 Å². The third-order valence-corrected chi connectivity index (χ3v) is 2.80. The minimum absolute atomic E-state index is 0.133. The van der Waals surface area contributed by atoms with Crippen molar-refractivity contribution in [3.8, 4) is 0 Å². The number of hydrogen-bond acceptors (Lipinski definition) is 3. The van der Waals surface area contributed by atoms with Gasteiger partial charge in [-0.05, 0) is 12.3 Å². The number of rotatable bonds is 2. The largest absolute Gasteiger partial charge is 0.393 e. The first-order valence-corrected chi connectivity index (χ1v) is 5.11. The van der Waals surface area contributed by atoms with E-state index < -0.39 is 0 Å². The molecule has 2 unspecified atom stereocenters. The fourth-order valence-electron chi connectivity index (χ4n) is 1.70. The van der Waals surface area contributed by atoms with Crippen LogP contribution >= 0.6 is 0 Å². The van der Waals surface area contributed by atoms with Gasteiger partial charge < -0.3 is 10.0 Å². The third-order valence-electron chi connectivity index (χ3n) is 2.80. The predicted molar refractivity (Wildman–Crippen MR) is 54.9 cm³/mol. The van der Waals surface area contributed by atoms with E-state index in [0.29, 0.717) is 6.54 Å². The van der Waals surface area contributed by atoms with Crippen LogP contribution in [0.25, 0.3) is 0 Å². The molecule has 4 heteroatoms. The van der Waals surface area contributed by atoms with Gasteiger partial charge in [0.1, 0.15) is 0 Å². The molecule has 0 saturated carbocycles. The van der Waals surface area contributed by atoms with Crippen LogP contribution in [0.3, 0.4) is 0 Å². The zero-order chi connectivity index (χ0) is 10.7. The lowest BCUT2D eigenvalue weighted by atomic mass is 9.97. The number of piperidine rings is 1. The summed E-state index contributed by atoms with van der Waals surface area (Å²) in [7, 11) is 3.54. The topological polar surface area (TPSA) is 43.8 Å². The van der Waals surface area contributed by atoms with Crippen molar-refractivity contribution in [3.05, 3.63) is 0 Å². The van der Waals surface area contributed by atoms with Gasteiger partial charge in [-0.25, -0.2) is 0 Å². The first-order valence-electron chi connectivity index (χ1n) is 5.11. The summed E-state index contributed by atoms with van der Waals surface area (Å²) in [6, 6.07) is 0. The summed E-state index contributed by atoms with van der Waals surface area (Å²) in [5, 5.41) is 9.52. The van der Waals surface area contributed by atoms with Crippen molar-refractivity contribution in [2.24, 2.45) is 5.92 Å². The zero-order valence-corrected chi connectivity index (χ0v) is 9.23. The fraction of sp³-hybridized carbons (Fsp3) is 0.900. The summed E-state index contributed by atoms with van der Waals surface area (Å²) in [5.41, 5.74) is 0. The van der Waals surface area contributed by atoms with E-state index in [1.165, 1.54) is 0 Å². The molecule has 2 atom stereocenters. The van der Waals surface area contributed by atoms with E-state index in [9.17, 15) is 9.90 Å². The Morgan fingerprint density at radius 2 is 2.21 bits per heavy atom. The maximum absolute atomic E-state index is 11.4. The molecule has 0 spiro atoms. The molecule has 1 saturated heterocycles. The molecule has 0 bridgehead atoms. The highest BCUT2D eigenvalue weighted by atomic mass is 16.3. The van der Waals surface area contributed by atoms with E-state index in [1.807, 2.05) is 6.92 Å². The molecule has 1 N–H and O–H groups in total. The van der Waals surface area contributed by atoms with Gasteiger partial charge in [0.2, 0.25) is 5.91 Å². The maximum Gasteiger partial charge on any atom is 0.236 e. The highest BCUT2D eigenvalue weighted by Gasteiger charge is 2.25. The van der Waals surface area contributed by atoms with Gasteiger partial charge in [-0.15, -0.1) is 0 Å². The Kier molecular flexibility index (Phi) is 3.89. The molecule has 0 aromatic rings. The van der Waals surface area contributed by atoms with Gasteiger partial charge in [-0.1, -0.05) is 6.92 Å². The third kappa shape index (κ3) is 2.96. The smallest absolute Gasteiger partial charge is 0.236 e. The number of nitrogens with zero attached hydrogens (tertiary/aromatic N) is 2. The lowest BCUT2D eigenvalue weighted by Crippen LogP contribution is -2.46. The van der Waals surface area contributed by atoms with E-state index >= 15 is 0 Å². The Labute approximate surface area is 85.5 Å². The SMILES string of the molecule is CC1CN(CC(=O)N(C)C)CCC1O. The van der Waals surface area contributed by atoms with Crippen LogP contribution in [-0.2, 0) is 4.79 Å². The van der Waals surface area contributed by atoms with Gasteiger partial charge >= 0.3 is 0 Å². The first kappa shape index (κ1) is 11.5. The van der Waals surface area contributed by atoms with E-state index in [4.69, 9.17) is 0 Å². The molecule has 0 aromatic heterocycles. The highest BCUT2D eigenvalue weighted by Crippen LogP contribution is 2.15. The van der Waals surface area contributed by atoms with Crippen LogP contribution in [0.1, 0.15) is 13.3 Å². The number of aliphatic hydroxyl groups excluding tert-OH is 1. The molecule has 4 nitrogen and oxygen atoms in total. The van der Waals surface area contributed by atoms with Gasteiger partial charge in [-0.3, -0.25) is 9.69 Å². The molecule has 1 amide bonds. The molecule has 1 aliphatic rings. The Hall–Kier alpha value is -0.610. The van der Waals surface area contributed by atoms with Crippen LogP contribution in [0.15, 0.2) is 0 Å². The second kappa shape index (κ2) is 4.75. The first-order chi connectivity index (χ1) is 6.50. The molecule has 1 fully saturated rings. The van der Waals surface area contributed by atoms with Crippen molar-refractivity contribution in [1.29, 1.82) is 0 Å². The molecule has 82 valence electrons. The standard InChI is InChI=1S/C10H20N2O2/c1-8-6-12(5-4-9(8)13)7-10(14)11(2)3/h8-9,13H,4-7H2,1-3H3. The summed E-state index contributed by atoms with van der Waals surface area (Å²) in [4.78, 5) is 15.1. The maximum atomic E-state index is 11.4. The van der Waals surface area contributed by atoms with Gasteiger partial charge in [0.05, 0.1) is 12.6 Å². The van der Waals surface area contributed by atoms with Crippen molar-refractivity contribution >= 4 is 5.91 Å². The second-order valence-corrected chi connectivity index (χ2v) is 4.36. The Morgan fingerprint density at radius 3 is 2.71 bits per heavy atom. The monoisotopic (exact) mass is 200 g/mol. The number of likely N-dealkylation sites (N-methyl/N-ethyl adjacent to an activating group) is 1. The molecule has 14 heavy (non-hydrogen) atoms. The van der Waals surface area contributed by atoms with Crippen molar-refractivity contribution < 1.29 is 9.90 Å². The van der Waals surface area contributed by atoms with Crippen molar-refractivity contribution in [2.45, 2.75) is 19.4 Å². The number of aliphatic hydroxyl groups is 1. The highest BCUT2D eigenvalue weighted by molar-refractivity contribution is 5.77. The van der Waals surface area contributed by atoms with Gasteiger partial charge in [-0.2, -0.15) is 0 Å². The summed E-state index contributed by atoms with van der Waals surface area (Å²) in [5.74, 6) is 0.410. The van der Waals surface area contributed by atoms with Gasteiger partial charge in [0, 0.05) is 27.2 Å². The van der Waals surface area contributed by atoms with Gasteiger partial charge in [0.15, 0.2) is 0 Å². The quantitative estimate of drug-likeness (QED) is 0.670. The number of hydrogen-bond donors (Lipinski definition) is 1. The zero-order valence-electron chi connectivity index (χ0n) is 9.23. The average Bonchev–Trinajstić information content (AvgIpc) is 2.11. The Morgan fingerprint density at radius 1 is 1.57 bits per heavy atom. The Bertz CT molecular complexity index is 206. The number of likely N-dealkylation sites (tertiary alicyclic amines) is 1. The fourth-order valence-corrected chi connectivity index (χ4v) is 1.70. The van der Waals surface area contributed by atoms with E-state index in [2.05, 4.69) is 4.90 Å². The van der Waals surface area contributed by atoms with Crippen LogP contribution in [0.2, 0.25) is 0 Å². The molecule has 0 aliphatic carbocycles. The minimum Gasteiger partial charge on any atom is -0.393 e. The number of carbonyl (C=O) groups excluding carboxylic acids is 1. The average molecular weight is 200 g/mol. The van der Waals surface area contributed by atoms with E-state index in [0.717, 1.165) is 19.5 Å². The molecule has 1 heterocycles. The van der Waals surface area contributed by atoms with Crippen LogP contribution in [0, 0.1) is 5.92 Å². The molecule has 0 radical (unpaired) electrons. The number of carbonyl (C=O) groups is 1. The van der Waals surface area contributed by atoms with E-state index in [1.54, 1.807) is 19.0 Å². The van der Waals surface area contributed by atoms with Crippen LogP contribution in [0.5, 0.6) is 0 Å². The molecule has 1 aliphatic heterocycles. The Balaban J connectivity index is 2.37. The molecular formula is C10H20N2O2. The summed E-state index contributed by atoms with van der Waals surface area (Å²) in [6.45, 7) is 4.15. The summed E-state index contributed by atoms with van der Waals surface area (Å²) < 4.78 is 0. The molecule has 1 rings (SSSR count). The second-order valence-electron chi connectivity index (χ2n) is 4.36. The van der Waals surface area contributed by atoms with Crippen molar-refractivity contribution in [2.75, 3.05) is 33.7 Å². The molecule has 0 aromatic carbocycles.